The molecule has 0 amide bonds. The van der Waals surface area contributed by atoms with Crippen molar-refractivity contribution in [2.75, 3.05) is 5.73 Å². The van der Waals surface area contributed by atoms with Crippen LogP contribution in [0.1, 0.15) is 18.1 Å². The maximum atomic E-state index is 7.05. The molecule has 1 aromatic carbocycles. The number of anilines is 1. The van der Waals surface area contributed by atoms with Crippen LogP contribution >= 0.6 is 0 Å². The van der Waals surface area contributed by atoms with Gasteiger partial charge < -0.3 is 11.1 Å². The minimum atomic E-state index is 0.741. The van der Waals surface area contributed by atoms with Gasteiger partial charge in [-0.15, -0.1) is 0 Å². The van der Waals surface area contributed by atoms with Gasteiger partial charge in [-0.3, -0.25) is 0 Å². The molecule has 0 aromatic heterocycles. The van der Waals surface area contributed by atoms with Crippen LogP contribution in [0.3, 0.4) is 0 Å². The fourth-order valence-corrected chi connectivity index (χ4v) is 1.07. The number of para-hydroxylation sites is 1. The number of nitrogen functional groups attached to an aromatic ring is 1. The number of aryl methyl sites for hydroxylation is 1. The van der Waals surface area contributed by atoms with E-state index in [9.17, 15) is 0 Å². The monoisotopic (exact) mass is 148 g/mol. The van der Waals surface area contributed by atoms with Crippen LogP contribution in [-0.4, -0.2) is 6.21 Å². The van der Waals surface area contributed by atoms with Crippen LogP contribution in [0.2, 0.25) is 0 Å². The average molecular weight is 148 g/mol. The molecular weight excluding hydrogens is 136 g/mol. The molecule has 0 saturated heterocycles. The van der Waals surface area contributed by atoms with Crippen molar-refractivity contribution in [3.8, 4) is 0 Å². The molecule has 1 aromatic rings. The van der Waals surface area contributed by atoms with E-state index in [1.165, 1.54) is 6.21 Å². The maximum absolute atomic E-state index is 7.05. The molecule has 0 aliphatic heterocycles. The lowest BCUT2D eigenvalue weighted by atomic mass is 10.1. The Kier molecular flexibility index (Phi) is 2.26. The Balaban J connectivity index is 3.20. The summed E-state index contributed by atoms with van der Waals surface area (Å²) in [6, 6.07) is 5.76. The third-order valence-electron chi connectivity index (χ3n) is 1.77. The molecule has 0 spiro atoms. The van der Waals surface area contributed by atoms with Gasteiger partial charge in [-0.2, -0.15) is 0 Å². The molecule has 0 unspecified atom stereocenters. The Labute approximate surface area is 66.6 Å². The van der Waals surface area contributed by atoms with E-state index >= 15 is 0 Å². The molecule has 0 radical (unpaired) electrons. The minimum absolute atomic E-state index is 0.741. The molecule has 0 aliphatic rings. The fourth-order valence-electron chi connectivity index (χ4n) is 1.07. The van der Waals surface area contributed by atoms with Crippen molar-refractivity contribution < 1.29 is 0 Å². The molecular formula is C9H12N2. The van der Waals surface area contributed by atoms with E-state index < -0.39 is 0 Å². The van der Waals surface area contributed by atoms with Gasteiger partial charge >= 0.3 is 0 Å². The second kappa shape index (κ2) is 3.19. The van der Waals surface area contributed by atoms with Crippen LogP contribution in [0.5, 0.6) is 0 Å². The summed E-state index contributed by atoms with van der Waals surface area (Å²) >= 11 is 0. The highest BCUT2D eigenvalue weighted by atomic mass is 14.6. The number of rotatable bonds is 2. The van der Waals surface area contributed by atoms with Gasteiger partial charge in [0, 0.05) is 17.5 Å². The molecule has 3 N–H and O–H groups in total. The number of nitrogens with two attached hydrogens (primary N) is 1. The van der Waals surface area contributed by atoms with Gasteiger partial charge in [0.2, 0.25) is 0 Å². The first-order valence-electron chi connectivity index (χ1n) is 3.67. The molecule has 0 bridgehead atoms. The predicted molar refractivity (Wildman–Crippen MR) is 48.1 cm³/mol. The van der Waals surface area contributed by atoms with Gasteiger partial charge in [-0.25, -0.2) is 0 Å². The smallest absolute Gasteiger partial charge is 0.0435 e. The van der Waals surface area contributed by atoms with Gasteiger partial charge in [0.25, 0.3) is 0 Å². The van der Waals surface area contributed by atoms with Crippen molar-refractivity contribution in [1.29, 1.82) is 5.41 Å². The fraction of sp³-hybridized carbons (Fsp3) is 0.222. The summed E-state index contributed by atoms with van der Waals surface area (Å²) < 4.78 is 0. The van der Waals surface area contributed by atoms with E-state index in [-0.39, 0.29) is 0 Å². The van der Waals surface area contributed by atoms with Gasteiger partial charge in [-0.05, 0) is 12.0 Å². The largest absolute Gasteiger partial charge is 0.398 e. The summed E-state index contributed by atoms with van der Waals surface area (Å²) in [6.45, 7) is 2.05. The van der Waals surface area contributed by atoms with Crippen molar-refractivity contribution in [2.24, 2.45) is 0 Å². The third-order valence-corrected chi connectivity index (χ3v) is 1.77. The summed E-state index contributed by atoms with van der Waals surface area (Å²) in [6.07, 6.45) is 2.21. The van der Waals surface area contributed by atoms with Crippen LogP contribution in [0, 0.1) is 5.41 Å². The molecule has 58 valence electrons. The predicted octanol–water partition coefficient (Wildman–Crippen LogP) is 1.83. The Morgan fingerprint density at radius 2 is 2.27 bits per heavy atom. The van der Waals surface area contributed by atoms with E-state index in [1.807, 2.05) is 18.2 Å². The van der Waals surface area contributed by atoms with Crippen molar-refractivity contribution in [1.82, 2.24) is 0 Å². The van der Waals surface area contributed by atoms with E-state index in [2.05, 4.69) is 6.92 Å². The van der Waals surface area contributed by atoms with E-state index in [0.717, 1.165) is 23.2 Å². The number of hydrogen-bond acceptors (Lipinski definition) is 2. The van der Waals surface area contributed by atoms with Crippen LogP contribution < -0.4 is 5.73 Å². The lowest BCUT2D eigenvalue weighted by Crippen LogP contribution is -1.97. The Morgan fingerprint density at radius 1 is 1.55 bits per heavy atom. The maximum Gasteiger partial charge on any atom is 0.0435 e. The van der Waals surface area contributed by atoms with Crippen molar-refractivity contribution in [2.45, 2.75) is 13.3 Å². The second-order valence-electron chi connectivity index (χ2n) is 2.42. The SMILES string of the molecule is CCc1cccc(C=N)c1N. The van der Waals surface area contributed by atoms with E-state index in [1.54, 1.807) is 0 Å². The average Bonchev–Trinajstić information content (AvgIpc) is 2.05. The summed E-state index contributed by atoms with van der Waals surface area (Å²) in [5, 5.41) is 7.05. The summed E-state index contributed by atoms with van der Waals surface area (Å²) in [5.41, 5.74) is 8.42. The van der Waals surface area contributed by atoms with E-state index in [0.29, 0.717) is 0 Å². The molecule has 0 saturated carbocycles. The molecule has 1 rings (SSSR count). The van der Waals surface area contributed by atoms with Gasteiger partial charge in [0.05, 0.1) is 0 Å². The first-order valence-corrected chi connectivity index (χ1v) is 3.67. The highest BCUT2D eigenvalue weighted by molar-refractivity contribution is 5.85. The molecule has 0 atom stereocenters. The first kappa shape index (κ1) is 7.79. The topological polar surface area (TPSA) is 49.9 Å². The first-order chi connectivity index (χ1) is 5.29. The minimum Gasteiger partial charge on any atom is -0.398 e. The molecule has 2 nitrogen and oxygen atoms in total. The number of benzene rings is 1. The second-order valence-corrected chi connectivity index (χ2v) is 2.42. The van der Waals surface area contributed by atoms with Gasteiger partial charge in [-0.1, -0.05) is 25.1 Å². The lowest BCUT2D eigenvalue weighted by Gasteiger charge is -2.04. The zero-order chi connectivity index (χ0) is 8.27. The zero-order valence-electron chi connectivity index (χ0n) is 6.59. The quantitative estimate of drug-likeness (QED) is 0.488. The van der Waals surface area contributed by atoms with E-state index in [4.69, 9.17) is 11.1 Å². The summed E-state index contributed by atoms with van der Waals surface area (Å²) in [7, 11) is 0. The Hall–Kier alpha value is -1.31. The third kappa shape index (κ3) is 1.40. The standard InChI is InChI=1S/C9H12N2/c1-2-7-4-3-5-8(6-10)9(7)11/h3-6,10H,2,11H2,1H3. The Morgan fingerprint density at radius 3 is 2.82 bits per heavy atom. The molecule has 0 aliphatic carbocycles. The van der Waals surface area contributed by atoms with Crippen LogP contribution in [0.25, 0.3) is 0 Å². The molecule has 0 fully saturated rings. The van der Waals surface area contributed by atoms with Crippen molar-refractivity contribution in [3.05, 3.63) is 29.3 Å². The Bertz CT molecular complexity index is 266. The zero-order valence-corrected chi connectivity index (χ0v) is 6.59. The van der Waals surface area contributed by atoms with Crippen LogP contribution in [0.4, 0.5) is 5.69 Å². The molecule has 2 heteroatoms. The number of hydrogen-bond donors (Lipinski definition) is 2. The normalized spacial score (nSPS) is 9.55. The van der Waals surface area contributed by atoms with Crippen molar-refractivity contribution in [3.63, 3.8) is 0 Å². The molecule has 11 heavy (non-hydrogen) atoms. The molecule has 0 heterocycles. The lowest BCUT2D eigenvalue weighted by molar-refractivity contribution is 1.14. The van der Waals surface area contributed by atoms with Crippen LogP contribution in [0.15, 0.2) is 18.2 Å². The van der Waals surface area contributed by atoms with Crippen molar-refractivity contribution >= 4 is 11.9 Å². The van der Waals surface area contributed by atoms with Crippen LogP contribution in [-0.2, 0) is 6.42 Å². The highest BCUT2D eigenvalue weighted by Gasteiger charge is 1.98. The van der Waals surface area contributed by atoms with Gasteiger partial charge in [0.15, 0.2) is 0 Å². The summed E-state index contributed by atoms with van der Waals surface area (Å²) in [4.78, 5) is 0. The van der Waals surface area contributed by atoms with Gasteiger partial charge in [0.1, 0.15) is 0 Å². The highest BCUT2D eigenvalue weighted by Crippen LogP contribution is 2.15. The summed E-state index contributed by atoms with van der Waals surface area (Å²) in [5.74, 6) is 0. The number of nitrogens with one attached hydrogen (secondary N) is 1.